The second kappa shape index (κ2) is 16.6. The molecule has 1 fully saturated rings. The summed E-state index contributed by atoms with van der Waals surface area (Å²) in [4.78, 5) is 4.63. The highest BCUT2D eigenvalue weighted by Crippen LogP contribution is 2.25. The Labute approximate surface area is 199 Å². The predicted octanol–water partition coefficient (Wildman–Crippen LogP) is 4.20. The first-order valence-electron chi connectivity index (χ1n) is 11.1. The SMILES string of the molecule is CCNC(=NCCCOCC1CCOCC1)NCCOc1ccccc1C(C)C.I. The van der Waals surface area contributed by atoms with Crippen molar-refractivity contribution in [2.45, 2.75) is 46.0 Å². The highest BCUT2D eigenvalue weighted by Gasteiger charge is 2.13. The van der Waals surface area contributed by atoms with Crippen molar-refractivity contribution >= 4 is 29.9 Å². The minimum atomic E-state index is 0. The van der Waals surface area contributed by atoms with Crippen molar-refractivity contribution in [3.63, 3.8) is 0 Å². The Balaban J connectivity index is 0.00000450. The van der Waals surface area contributed by atoms with Crippen LogP contribution < -0.4 is 15.4 Å². The molecule has 0 unspecified atom stereocenters. The van der Waals surface area contributed by atoms with Gasteiger partial charge in [0.25, 0.3) is 0 Å². The van der Waals surface area contributed by atoms with Crippen molar-refractivity contribution in [2.24, 2.45) is 10.9 Å². The fourth-order valence-electron chi connectivity index (χ4n) is 3.28. The number of ether oxygens (including phenoxy) is 3. The molecule has 0 spiro atoms. The normalized spacial score (nSPS) is 15.0. The maximum absolute atomic E-state index is 5.97. The fourth-order valence-corrected chi connectivity index (χ4v) is 3.28. The van der Waals surface area contributed by atoms with E-state index in [0.717, 1.165) is 70.5 Å². The Morgan fingerprint density at radius 2 is 1.93 bits per heavy atom. The molecule has 1 aromatic rings. The van der Waals surface area contributed by atoms with Gasteiger partial charge in [0, 0.05) is 39.5 Å². The van der Waals surface area contributed by atoms with Crippen LogP contribution in [0.25, 0.3) is 0 Å². The summed E-state index contributed by atoms with van der Waals surface area (Å²) in [7, 11) is 0. The van der Waals surface area contributed by atoms with Gasteiger partial charge in [-0.25, -0.2) is 0 Å². The Bertz CT molecular complexity index is 593. The highest BCUT2D eigenvalue weighted by molar-refractivity contribution is 14.0. The van der Waals surface area contributed by atoms with Gasteiger partial charge in [0.2, 0.25) is 0 Å². The van der Waals surface area contributed by atoms with E-state index in [2.05, 4.69) is 48.5 Å². The zero-order chi connectivity index (χ0) is 20.7. The van der Waals surface area contributed by atoms with E-state index >= 15 is 0 Å². The van der Waals surface area contributed by atoms with Crippen molar-refractivity contribution in [1.82, 2.24) is 10.6 Å². The predicted molar refractivity (Wildman–Crippen MR) is 134 cm³/mol. The van der Waals surface area contributed by atoms with Crippen LogP contribution in [-0.4, -0.2) is 58.6 Å². The molecule has 0 aliphatic carbocycles. The van der Waals surface area contributed by atoms with Gasteiger partial charge in [0.05, 0.1) is 6.54 Å². The number of aliphatic imine (C=N–C) groups is 1. The van der Waals surface area contributed by atoms with Crippen molar-refractivity contribution in [1.29, 1.82) is 0 Å². The van der Waals surface area contributed by atoms with Crippen LogP contribution in [0.1, 0.15) is 51.5 Å². The molecule has 1 aromatic carbocycles. The quantitative estimate of drug-likeness (QED) is 0.183. The van der Waals surface area contributed by atoms with Gasteiger partial charge in [0.1, 0.15) is 12.4 Å². The van der Waals surface area contributed by atoms with Gasteiger partial charge in [0.15, 0.2) is 5.96 Å². The number of nitrogens with zero attached hydrogens (tertiary/aromatic N) is 1. The minimum Gasteiger partial charge on any atom is -0.491 e. The Morgan fingerprint density at radius 3 is 2.67 bits per heavy atom. The maximum Gasteiger partial charge on any atom is 0.191 e. The van der Waals surface area contributed by atoms with E-state index in [1.54, 1.807) is 0 Å². The molecule has 30 heavy (non-hydrogen) atoms. The van der Waals surface area contributed by atoms with Gasteiger partial charge in [-0.1, -0.05) is 32.0 Å². The standard InChI is InChI=1S/C23H39N3O3.HI/c1-4-24-23(25-12-7-14-28-18-20-10-15-27-16-11-20)26-13-17-29-22-9-6-5-8-21(22)19(2)3;/h5-6,8-9,19-20H,4,7,10-18H2,1-3H3,(H2,24,25,26);1H. The molecule has 7 heteroatoms. The number of nitrogens with one attached hydrogen (secondary N) is 2. The van der Waals surface area contributed by atoms with Gasteiger partial charge in [-0.15, -0.1) is 24.0 Å². The lowest BCUT2D eigenvalue weighted by Crippen LogP contribution is -2.39. The smallest absolute Gasteiger partial charge is 0.191 e. The lowest BCUT2D eigenvalue weighted by molar-refractivity contribution is 0.0205. The van der Waals surface area contributed by atoms with E-state index < -0.39 is 0 Å². The molecule has 172 valence electrons. The molecule has 2 N–H and O–H groups in total. The zero-order valence-electron chi connectivity index (χ0n) is 18.8. The summed E-state index contributed by atoms with van der Waals surface area (Å²) in [5.41, 5.74) is 1.24. The third-order valence-electron chi connectivity index (χ3n) is 4.95. The number of guanidine groups is 1. The molecule has 1 saturated heterocycles. The zero-order valence-corrected chi connectivity index (χ0v) is 21.2. The second-order valence-electron chi connectivity index (χ2n) is 7.71. The van der Waals surface area contributed by atoms with Crippen LogP contribution in [0.2, 0.25) is 0 Å². The molecule has 1 heterocycles. The van der Waals surface area contributed by atoms with Crippen LogP contribution in [0.3, 0.4) is 0 Å². The van der Waals surface area contributed by atoms with Crippen LogP contribution in [0, 0.1) is 5.92 Å². The number of halogens is 1. The van der Waals surface area contributed by atoms with Crippen LogP contribution in [0.5, 0.6) is 5.75 Å². The molecule has 0 amide bonds. The largest absolute Gasteiger partial charge is 0.491 e. The van der Waals surface area contributed by atoms with E-state index in [1.165, 1.54) is 5.56 Å². The maximum atomic E-state index is 5.97. The van der Waals surface area contributed by atoms with Gasteiger partial charge in [-0.2, -0.15) is 0 Å². The highest BCUT2D eigenvalue weighted by atomic mass is 127. The van der Waals surface area contributed by atoms with E-state index in [-0.39, 0.29) is 24.0 Å². The van der Waals surface area contributed by atoms with Crippen molar-refractivity contribution < 1.29 is 14.2 Å². The minimum absolute atomic E-state index is 0. The second-order valence-corrected chi connectivity index (χ2v) is 7.71. The van der Waals surface area contributed by atoms with Crippen molar-refractivity contribution in [2.75, 3.05) is 52.7 Å². The van der Waals surface area contributed by atoms with Gasteiger partial charge in [-0.05, 0) is 49.7 Å². The lowest BCUT2D eigenvalue weighted by atomic mass is 10.0. The van der Waals surface area contributed by atoms with E-state index in [1.807, 2.05) is 12.1 Å². The van der Waals surface area contributed by atoms with Gasteiger partial charge >= 0.3 is 0 Å². The summed E-state index contributed by atoms with van der Waals surface area (Å²) in [5, 5.41) is 6.62. The van der Waals surface area contributed by atoms with E-state index in [0.29, 0.717) is 25.0 Å². The molecular formula is C23H40IN3O3. The average molecular weight is 533 g/mol. The topological polar surface area (TPSA) is 64.1 Å². The fraction of sp³-hybridized carbons (Fsp3) is 0.696. The van der Waals surface area contributed by atoms with Crippen molar-refractivity contribution in [3.8, 4) is 5.75 Å². The van der Waals surface area contributed by atoms with Gasteiger partial charge < -0.3 is 24.8 Å². The summed E-state index contributed by atoms with van der Waals surface area (Å²) in [6, 6.07) is 8.24. The van der Waals surface area contributed by atoms with E-state index in [4.69, 9.17) is 14.2 Å². The summed E-state index contributed by atoms with van der Waals surface area (Å²) < 4.78 is 17.2. The van der Waals surface area contributed by atoms with Gasteiger partial charge in [-0.3, -0.25) is 4.99 Å². The summed E-state index contributed by atoms with van der Waals surface area (Å²) in [6.45, 7) is 12.7. The molecule has 0 aromatic heterocycles. The van der Waals surface area contributed by atoms with Crippen molar-refractivity contribution in [3.05, 3.63) is 29.8 Å². The van der Waals surface area contributed by atoms with Crippen LogP contribution in [-0.2, 0) is 9.47 Å². The molecule has 1 aliphatic rings. The number of benzene rings is 1. The van der Waals surface area contributed by atoms with E-state index in [9.17, 15) is 0 Å². The molecule has 2 rings (SSSR count). The summed E-state index contributed by atoms with van der Waals surface area (Å²) in [5.74, 6) is 2.91. The average Bonchev–Trinajstić information content (AvgIpc) is 2.74. The number of hydrogen-bond acceptors (Lipinski definition) is 4. The first-order valence-corrected chi connectivity index (χ1v) is 11.1. The summed E-state index contributed by atoms with van der Waals surface area (Å²) in [6.07, 6.45) is 3.17. The monoisotopic (exact) mass is 533 g/mol. The van der Waals surface area contributed by atoms with Crippen LogP contribution >= 0.6 is 24.0 Å². The molecule has 0 radical (unpaired) electrons. The number of hydrogen-bond donors (Lipinski definition) is 2. The lowest BCUT2D eigenvalue weighted by Gasteiger charge is -2.21. The third kappa shape index (κ3) is 10.8. The molecule has 0 saturated carbocycles. The molecule has 0 bridgehead atoms. The number of para-hydroxylation sites is 1. The Morgan fingerprint density at radius 1 is 1.17 bits per heavy atom. The third-order valence-corrected chi connectivity index (χ3v) is 4.95. The summed E-state index contributed by atoms with van der Waals surface area (Å²) >= 11 is 0. The number of rotatable bonds is 12. The molecular weight excluding hydrogens is 493 g/mol. The van der Waals surface area contributed by atoms with Crippen LogP contribution in [0.15, 0.2) is 29.3 Å². The Hall–Kier alpha value is -1.06. The molecule has 6 nitrogen and oxygen atoms in total. The first-order chi connectivity index (χ1) is 14.2. The molecule has 1 aliphatic heterocycles. The van der Waals surface area contributed by atoms with Crippen LogP contribution in [0.4, 0.5) is 0 Å². The first kappa shape index (κ1) is 27.0. The molecule has 0 atom stereocenters. The Kier molecular flexibility index (Phi) is 14.9.